The van der Waals surface area contributed by atoms with Crippen molar-refractivity contribution in [2.24, 2.45) is 4.99 Å². The van der Waals surface area contributed by atoms with Crippen LogP contribution in [-0.4, -0.2) is 10.8 Å². The Morgan fingerprint density at radius 1 is 1.33 bits per heavy atom. The molecule has 0 radical (unpaired) electrons. The molecular weight excluding hydrogens is 148 g/mol. The molecule has 2 heteroatoms. The molecule has 0 spiro atoms. The third-order valence-electron chi connectivity index (χ3n) is 1.80. The topological polar surface area (TPSA) is 17.3 Å². The van der Waals surface area contributed by atoms with E-state index in [0.717, 1.165) is 6.54 Å². The Balaban J connectivity index is 2.40. The van der Waals surface area contributed by atoms with Gasteiger partial charge in [-0.1, -0.05) is 6.08 Å². The molecule has 0 N–H and O–H groups in total. The first-order valence-electron chi connectivity index (χ1n) is 3.97. The third kappa shape index (κ3) is 1.37. The van der Waals surface area contributed by atoms with Crippen LogP contribution >= 0.6 is 0 Å². The van der Waals surface area contributed by atoms with Crippen LogP contribution in [0.3, 0.4) is 0 Å². The average Bonchev–Trinajstić information content (AvgIpc) is 2.50. The molecule has 0 amide bonds. The zero-order chi connectivity index (χ0) is 8.23. The molecular formula is C10H10N2. The maximum Gasteiger partial charge on any atom is 0.0578 e. The van der Waals surface area contributed by atoms with Crippen molar-refractivity contribution in [1.82, 2.24) is 4.57 Å². The van der Waals surface area contributed by atoms with Gasteiger partial charge in [0, 0.05) is 24.3 Å². The highest BCUT2D eigenvalue weighted by atomic mass is 15.0. The first kappa shape index (κ1) is 7.10. The van der Waals surface area contributed by atoms with Crippen LogP contribution in [0.1, 0.15) is 5.69 Å². The fourth-order valence-electron chi connectivity index (χ4n) is 1.19. The van der Waals surface area contributed by atoms with Gasteiger partial charge in [-0.2, -0.15) is 0 Å². The number of aromatic nitrogens is 1. The molecule has 0 saturated carbocycles. The van der Waals surface area contributed by atoms with Crippen LogP contribution in [0.5, 0.6) is 0 Å². The first-order valence-corrected chi connectivity index (χ1v) is 3.97. The second kappa shape index (κ2) is 3.22. The van der Waals surface area contributed by atoms with Crippen LogP contribution in [0, 0.1) is 0 Å². The summed E-state index contributed by atoms with van der Waals surface area (Å²) in [5.74, 6) is 0. The summed E-state index contributed by atoms with van der Waals surface area (Å²) in [4.78, 5) is 4.09. The van der Waals surface area contributed by atoms with Gasteiger partial charge in [-0.3, -0.25) is 4.99 Å². The lowest BCUT2D eigenvalue weighted by Gasteiger charge is -1.99. The van der Waals surface area contributed by atoms with E-state index < -0.39 is 0 Å². The molecule has 0 atom stereocenters. The van der Waals surface area contributed by atoms with E-state index in [9.17, 15) is 0 Å². The van der Waals surface area contributed by atoms with Crippen molar-refractivity contribution in [2.75, 3.05) is 0 Å². The molecule has 2 rings (SSSR count). The van der Waals surface area contributed by atoms with Crippen molar-refractivity contribution >= 4 is 12.3 Å². The zero-order valence-corrected chi connectivity index (χ0v) is 6.72. The quantitative estimate of drug-likeness (QED) is 0.550. The lowest BCUT2D eigenvalue weighted by molar-refractivity contribution is 0.863. The number of aliphatic imine (C=N–C) groups is 1. The smallest absolute Gasteiger partial charge is 0.0578 e. The lowest BCUT2D eigenvalue weighted by Crippen LogP contribution is -1.98. The Bertz CT molecular complexity index is 342. The predicted molar refractivity (Wildman–Crippen MR) is 51.1 cm³/mol. The van der Waals surface area contributed by atoms with Crippen LogP contribution in [0.15, 0.2) is 41.7 Å². The van der Waals surface area contributed by atoms with Gasteiger partial charge in [0.05, 0.1) is 6.54 Å². The highest BCUT2D eigenvalue weighted by Crippen LogP contribution is 2.05. The molecule has 1 aliphatic rings. The van der Waals surface area contributed by atoms with Crippen molar-refractivity contribution in [3.63, 3.8) is 0 Å². The van der Waals surface area contributed by atoms with Gasteiger partial charge >= 0.3 is 0 Å². The van der Waals surface area contributed by atoms with Crippen LogP contribution < -0.4 is 0 Å². The zero-order valence-electron chi connectivity index (χ0n) is 6.72. The van der Waals surface area contributed by atoms with Gasteiger partial charge in [0.1, 0.15) is 0 Å². The normalized spacial score (nSPS) is 20.3. The van der Waals surface area contributed by atoms with Gasteiger partial charge < -0.3 is 4.57 Å². The Kier molecular flexibility index (Phi) is 1.90. The summed E-state index contributed by atoms with van der Waals surface area (Å²) < 4.78 is 2.15. The molecule has 0 saturated heterocycles. The van der Waals surface area contributed by atoms with Crippen LogP contribution in [0.25, 0.3) is 6.08 Å². The molecule has 1 aromatic rings. The molecule has 1 aromatic heterocycles. The molecule has 2 heterocycles. The minimum atomic E-state index is 0.844. The lowest BCUT2D eigenvalue weighted by atomic mass is 10.3. The van der Waals surface area contributed by atoms with Crippen molar-refractivity contribution in [3.05, 3.63) is 42.4 Å². The van der Waals surface area contributed by atoms with E-state index in [1.807, 2.05) is 24.4 Å². The summed E-state index contributed by atoms with van der Waals surface area (Å²) >= 11 is 0. The van der Waals surface area contributed by atoms with Crippen LogP contribution in [0.2, 0.25) is 0 Å². The van der Waals surface area contributed by atoms with Gasteiger partial charge in [0.25, 0.3) is 0 Å². The number of rotatable bonds is 0. The molecule has 12 heavy (non-hydrogen) atoms. The standard InChI is InChI=1S/C10H10N2/c1-2-6-11-7-9-12-8-3-5-10(12)4-1/h1-8H,9H2/b4-1-,6-2-,11-7?. The van der Waals surface area contributed by atoms with Gasteiger partial charge in [-0.25, -0.2) is 0 Å². The molecule has 1 aliphatic heterocycles. The van der Waals surface area contributed by atoms with Crippen LogP contribution in [-0.2, 0) is 6.54 Å². The molecule has 60 valence electrons. The van der Waals surface area contributed by atoms with Crippen LogP contribution in [0.4, 0.5) is 0 Å². The first-order chi connectivity index (χ1) is 5.97. The number of allylic oxidation sites excluding steroid dienone is 2. The molecule has 2 nitrogen and oxygen atoms in total. The maximum atomic E-state index is 4.09. The molecule has 0 aliphatic carbocycles. The van der Waals surface area contributed by atoms with E-state index in [-0.39, 0.29) is 0 Å². The second-order valence-electron chi connectivity index (χ2n) is 2.62. The van der Waals surface area contributed by atoms with Gasteiger partial charge in [-0.15, -0.1) is 0 Å². The maximum absolute atomic E-state index is 4.09. The van der Waals surface area contributed by atoms with Gasteiger partial charge in [0.2, 0.25) is 0 Å². The largest absolute Gasteiger partial charge is 0.343 e. The fourth-order valence-corrected chi connectivity index (χ4v) is 1.19. The monoisotopic (exact) mass is 158 g/mol. The van der Waals surface area contributed by atoms with Crippen molar-refractivity contribution in [3.8, 4) is 0 Å². The highest BCUT2D eigenvalue weighted by Gasteiger charge is 1.94. The number of nitrogens with zero attached hydrogens (tertiary/aromatic N) is 2. The minimum Gasteiger partial charge on any atom is -0.343 e. The number of fused-ring (bicyclic) bond motifs is 1. The summed E-state index contributed by atoms with van der Waals surface area (Å²) in [6, 6.07) is 4.13. The highest BCUT2D eigenvalue weighted by molar-refractivity contribution is 5.60. The van der Waals surface area contributed by atoms with E-state index in [4.69, 9.17) is 0 Å². The van der Waals surface area contributed by atoms with Crippen molar-refractivity contribution in [2.45, 2.75) is 6.54 Å². The second-order valence-corrected chi connectivity index (χ2v) is 2.62. The Morgan fingerprint density at radius 2 is 2.33 bits per heavy atom. The van der Waals surface area contributed by atoms with E-state index in [1.54, 1.807) is 6.20 Å². The third-order valence-corrected chi connectivity index (χ3v) is 1.80. The Morgan fingerprint density at radius 3 is 3.33 bits per heavy atom. The van der Waals surface area contributed by atoms with E-state index in [0.29, 0.717) is 0 Å². The summed E-state index contributed by atoms with van der Waals surface area (Å²) in [5.41, 5.74) is 1.22. The van der Waals surface area contributed by atoms with E-state index in [1.165, 1.54) is 5.69 Å². The predicted octanol–water partition coefficient (Wildman–Crippen LogP) is 2.10. The van der Waals surface area contributed by atoms with E-state index >= 15 is 0 Å². The summed E-state index contributed by atoms with van der Waals surface area (Å²) in [5, 5.41) is 0. The van der Waals surface area contributed by atoms with Gasteiger partial charge in [-0.05, 0) is 24.3 Å². The number of hydrogen-bond donors (Lipinski definition) is 0. The van der Waals surface area contributed by atoms with Crippen molar-refractivity contribution < 1.29 is 0 Å². The Hall–Kier alpha value is -1.57. The summed E-state index contributed by atoms with van der Waals surface area (Å²) in [7, 11) is 0. The average molecular weight is 158 g/mol. The van der Waals surface area contributed by atoms with Gasteiger partial charge in [0.15, 0.2) is 0 Å². The fraction of sp³-hybridized carbons (Fsp3) is 0.100. The molecule has 0 unspecified atom stereocenters. The molecule has 0 bridgehead atoms. The summed E-state index contributed by atoms with van der Waals surface area (Å²) in [6.07, 6.45) is 11.7. The number of hydrogen-bond acceptors (Lipinski definition) is 1. The Labute approximate surface area is 71.6 Å². The molecule has 0 aromatic carbocycles. The minimum absolute atomic E-state index is 0.844. The van der Waals surface area contributed by atoms with E-state index in [2.05, 4.69) is 27.9 Å². The SMILES string of the molecule is C1=N/C=C\C=C/c2cccn2C1. The summed E-state index contributed by atoms with van der Waals surface area (Å²) in [6.45, 7) is 0.844. The van der Waals surface area contributed by atoms with Crippen molar-refractivity contribution in [1.29, 1.82) is 0 Å². The molecule has 0 fully saturated rings.